The van der Waals surface area contributed by atoms with E-state index in [0.29, 0.717) is 18.5 Å². The van der Waals surface area contributed by atoms with Gasteiger partial charge in [0.05, 0.1) is 6.61 Å². The molecule has 1 aliphatic rings. The van der Waals surface area contributed by atoms with E-state index in [9.17, 15) is 4.79 Å². The molecule has 1 heterocycles. The van der Waals surface area contributed by atoms with Crippen LogP contribution in [0.1, 0.15) is 6.42 Å². The Morgan fingerprint density at radius 3 is 2.80 bits per heavy atom. The zero-order valence-corrected chi connectivity index (χ0v) is 5.42. The van der Waals surface area contributed by atoms with Gasteiger partial charge < -0.3 is 15.5 Å². The van der Waals surface area contributed by atoms with Crippen LogP contribution in [-0.2, 0) is 4.79 Å². The lowest BCUT2D eigenvalue weighted by molar-refractivity contribution is -0.120. The minimum atomic E-state index is -0.490. The Morgan fingerprint density at radius 2 is 2.30 bits per heavy atom. The number of carbonyl (C=O) groups excluding carboxylic acids is 1. The van der Waals surface area contributed by atoms with E-state index < -0.39 is 5.91 Å². The van der Waals surface area contributed by atoms with Crippen molar-refractivity contribution in [3.8, 4) is 0 Å². The Kier molecular flexibility index (Phi) is 1.91. The van der Waals surface area contributed by atoms with E-state index in [-0.39, 0.29) is 12.4 Å². The Bertz CT molecular complexity index is 185. The average molecular weight is 143 g/mol. The normalized spacial score (nSPS) is 19.1. The van der Waals surface area contributed by atoms with E-state index in [0.717, 1.165) is 0 Å². The summed E-state index contributed by atoms with van der Waals surface area (Å²) in [5, 5.41) is 20.0. The first-order valence-electron chi connectivity index (χ1n) is 3.05. The summed E-state index contributed by atoms with van der Waals surface area (Å²) in [5.74, 6) is -0.816. The first kappa shape index (κ1) is 7.08. The first-order valence-corrected chi connectivity index (χ1v) is 3.05. The van der Waals surface area contributed by atoms with Crippen molar-refractivity contribution in [1.29, 1.82) is 0 Å². The van der Waals surface area contributed by atoms with Crippen molar-refractivity contribution in [2.75, 3.05) is 13.2 Å². The van der Waals surface area contributed by atoms with Crippen LogP contribution in [-0.4, -0.2) is 29.3 Å². The highest BCUT2D eigenvalue weighted by Gasteiger charge is 2.17. The second-order valence-electron chi connectivity index (χ2n) is 2.12. The fraction of sp³-hybridized carbons (Fsp3) is 0.500. The lowest BCUT2D eigenvalue weighted by Crippen LogP contribution is -2.32. The summed E-state index contributed by atoms with van der Waals surface area (Å²) in [4.78, 5) is 10.6. The molecule has 0 saturated carbocycles. The van der Waals surface area contributed by atoms with Crippen molar-refractivity contribution >= 4 is 5.91 Å². The van der Waals surface area contributed by atoms with E-state index in [2.05, 4.69) is 5.32 Å². The van der Waals surface area contributed by atoms with E-state index in [1.54, 1.807) is 0 Å². The molecular formula is C6H9NO3. The Labute approximate surface area is 58.2 Å². The molecule has 0 fully saturated rings. The molecule has 1 aliphatic heterocycles. The third kappa shape index (κ3) is 1.11. The second-order valence-corrected chi connectivity index (χ2v) is 2.12. The van der Waals surface area contributed by atoms with Crippen molar-refractivity contribution in [3.05, 3.63) is 11.3 Å². The Morgan fingerprint density at radius 1 is 1.60 bits per heavy atom. The topological polar surface area (TPSA) is 69.6 Å². The van der Waals surface area contributed by atoms with Gasteiger partial charge in [0.1, 0.15) is 0 Å². The van der Waals surface area contributed by atoms with Gasteiger partial charge in [-0.25, -0.2) is 0 Å². The van der Waals surface area contributed by atoms with Crippen LogP contribution in [0.4, 0.5) is 0 Å². The average Bonchev–Trinajstić information content (AvgIpc) is 1.95. The third-order valence-corrected chi connectivity index (χ3v) is 1.45. The zero-order valence-electron chi connectivity index (χ0n) is 5.42. The number of nitrogens with one attached hydrogen (secondary N) is 1. The quantitative estimate of drug-likeness (QED) is 0.455. The van der Waals surface area contributed by atoms with E-state index in [1.807, 2.05) is 0 Å². The lowest BCUT2D eigenvalue weighted by Gasteiger charge is -2.14. The molecule has 56 valence electrons. The minimum absolute atomic E-state index is 0.237. The molecule has 4 nitrogen and oxygen atoms in total. The van der Waals surface area contributed by atoms with Gasteiger partial charge in [0.25, 0.3) is 5.91 Å². The number of hydrogen-bond acceptors (Lipinski definition) is 3. The van der Waals surface area contributed by atoms with Crippen LogP contribution >= 0.6 is 0 Å². The maximum Gasteiger partial charge on any atom is 0.286 e. The fourth-order valence-corrected chi connectivity index (χ4v) is 0.844. The molecule has 0 aromatic carbocycles. The van der Waals surface area contributed by atoms with Crippen LogP contribution < -0.4 is 5.32 Å². The number of aliphatic hydroxyl groups excluding tert-OH is 2. The SMILES string of the molecule is O=C1NCCC(CO)=C1O. The molecule has 1 amide bonds. The summed E-state index contributed by atoms with van der Waals surface area (Å²) in [6.45, 7) is 0.262. The summed E-state index contributed by atoms with van der Waals surface area (Å²) >= 11 is 0. The smallest absolute Gasteiger partial charge is 0.286 e. The predicted octanol–water partition coefficient (Wildman–Crippen LogP) is -0.689. The highest BCUT2D eigenvalue weighted by atomic mass is 16.3. The van der Waals surface area contributed by atoms with Gasteiger partial charge in [-0.05, 0) is 6.42 Å². The minimum Gasteiger partial charge on any atom is -0.503 e. The zero-order chi connectivity index (χ0) is 7.56. The van der Waals surface area contributed by atoms with Crippen molar-refractivity contribution < 1.29 is 15.0 Å². The summed E-state index contributed by atoms with van der Waals surface area (Å²) in [5.41, 5.74) is 0.420. The number of hydrogen-bond donors (Lipinski definition) is 3. The molecule has 0 radical (unpaired) electrons. The molecule has 4 heteroatoms. The summed E-state index contributed by atoms with van der Waals surface area (Å²) in [7, 11) is 0. The summed E-state index contributed by atoms with van der Waals surface area (Å²) in [6.07, 6.45) is 0.536. The number of rotatable bonds is 1. The number of amides is 1. The van der Waals surface area contributed by atoms with Crippen LogP contribution in [0.25, 0.3) is 0 Å². The highest BCUT2D eigenvalue weighted by Crippen LogP contribution is 2.09. The Balaban J connectivity index is 2.82. The monoisotopic (exact) mass is 143 g/mol. The van der Waals surface area contributed by atoms with Gasteiger partial charge in [-0.3, -0.25) is 4.79 Å². The van der Waals surface area contributed by atoms with Crippen LogP contribution in [0.5, 0.6) is 0 Å². The van der Waals surface area contributed by atoms with Crippen molar-refractivity contribution in [3.63, 3.8) is 0 Å². The van der Waals surface area contributed by atoms with Crippen molar-refractivity contribution in [2.24, 2.45) is 0 Å². The molecule has 0 bridgehead atoms. The van der Waals surface area contributed by atoms with Crippen molar-refractivity contribution in [1.82, 2.24) is 5.32 Å². The molecule has 0 aliphatic carbocycles. The van der Waals surface area contributed by atoms with Gasteiger partial charge in [0, 0.05) is 12.1 Å². The molecular weight excluding hydrogens is 134 g/mol. The molecule has 0 spiro atoms. The molecule has 3 N–H and O–H groups in total. The van der Waals surface area contributed by atoms with E-state index in [1.165, 1.54) is 0 Å². The number of aliphatic hydroxyl groups is 2. The van der Waals surface area contributed by atoms with Crippen LogP contribution in [0, 0.1) is 0 Å². The third-order valence-electron chi connectivity index (χ3n) is 1.45. The van der Waals surface area contributed by atoms with Gasteiger partial charge in [-0.2, -0.15) is 0 Å². The molecule has 0 saturated heterocycles. The Hall–Kier alpha value is -1.03. The van der Waals surface area contributed by atoms with Gasteiger partial charge in [-0.15, -0.1) is 0 Å². The molecule has 0 aromatic heterocycles. The van der Waals surface area contributed by atoms with Gasteiger partial charge >= 0.3 is 0 Å². The largest absolute Gasteiger partial charge is 0.503 e. The van der Waals surface area contributed by atoms with Crippen LogP contribution in [0.15, 0.2) is 11.3 Å². The molecule has 0 atom stereocenters. The van der Waals surface area contributed by atoms with Crippen molar-refractivity contribution in [2.45, 2.75) is 6.42 Å². The first-order chi connectivity index (χ1) is 4.75. The molecule has 0 unspecified atom stereocenters. The van der Waals surface area contributed by atoms with Gasteiger partial charge in [0.15, 0.2) is 5.76 Å². The molecule has 1 rings (SSSR count). The molecule has 0 aromatic rings. The van der Waals surface area contributed by atoms with Crippen LogP contribution in [0.2, 0.25) is 0 Å². The fourth-order valence-electron chi connectivity index (χ4n) is 0.844. The van der Waals surface area contributed by atoms with E-state index >= 15 is 0 Å². The highest BCUT2D eigenvalue weighted by molar-refractivity contribution is 5.92. The second kappa shape index (κ2) is 2.70. The summed E-state index contributed by atoms with van der Waals surface area (Å²) < 4.78 is 0. The van der Waals surface area contributed by atoms with Crippen LogP contribution in [0.3, 0.4) is 0 Å². The van der Waals surface area contributed by atoms with E-state index in [4.69, 9.17) is 10.2 Å². The standard InChI is InChI=1S/C6H9NO3/c8-3-4-1-2-7-6(10)5(4)9/h8-9H,1-3H2,(H,7,10). The summed E-state index contributed by atoms with van der Waals surface area (Å²) in [6, 6.07) is 0. The maximum absolute atomic E-state index is 10.6. The van der Waals surface area contributed by atoms with Gasteiger partial charge in [-0.1, -0.05) is 0 Å². The number of carbonyl (C=O) groups is 1. The maximum atomic E-state index is 10.6. The molecule has 10 heavy (non-hydrogen) atoms. The lowest BCUT2D eigenvalue weighted by atomic mass is 10.1. The predicted molar refractivity (Wildman–Crippen MR) is 34.4 cm³/mol. The van der Waals surface area contributed by atoms with Gasteiger partial charge in [0.2, 0.25) is 0 Å².